The Morgan fingerprint density at radius 2 is 2.00 bits per heavy atom. The second-order valence-corrected chi connectivity index (χ2v) is 6.97. The molecule has 0 unspecified atom stereocenters. The number of anilines is 1. The van der Waals surface area contributed by atoms with Crippen molar-refractivity contribution in [3.63, 3.8) is 0 Å². The molecule has 1 N–H and O–H groups in total. The third-order valence-electron chi connectivity index (χ3n) is 3.75. The molecule has 1 aromatic heterocycles. The first-order valence-corrected chi connectivity index (χ1v) is 8.96. The predicted octanol–water partition coefficient (Wildman–Crippen LogP) is 4.50. The van der Waals surface area contributed by atoms with Gasteiger partial charge in [0.2, 0.25) is 0 Å². The summed E-state index contributed by atoms with van der Waals surface area (Å²) < 4.78 is 10.2. The summed E-state index contributed by atoms with van der Waals surface area (Å²) in [4.78, 5) is 25.6. The zero-order valence-corrected chi connectivity index (χ0v) is 16.1. The second kappa shape index (κ2) is 8.36. The number of carbonyl (C=O) groups is 2. The van der Waals surface area contributed by atoms with E-state index in [-0.39, 0.29) is 18.3 Å². The number of thiophene rings is 1. The molecule has 7 heteroatoms. The minimum atomic E-state index is -0.383. The highest BCUT2D eigenvalue weighted by molar-refractivity contribution is 7.16. The van der Waals surface area contributed by atoms with E-state index in [1.54, 1.807) is 25.1 Å². The number of carbonyl (C=O) groups excluding carboxylic acids is 2. The topological polar surface area (TPSA) is 64.6 Å². The minimum Gasteiger partial charge on any atom is -0.495 e. The zero-order chi connectivity index (χ0) is 18.6. The van der Waals surface area contributed by atoms with E-state index in [1.807, 2.05) is 13.8 Å². The number of hydrogen-bond donors (Lipinski definition) is 1. The Hall–Kier alpha value is -2.05. The van der Waals surface area contributed by atoms with Crippen LogP contribution in [0.1, 0.15) is 38.1 Å². The van der Waals surface area contributed by atoms with Gasteiger partial charge in [-0.2, -0.15) is 0 Å². The Bertz CT molecular complexity index is 801. The van der Waals surface area contributed by atoms with Crippen molar-refractivity contribution >= 4 is 39.7 Å². The summed E-state index contributed by atoms with van der Waals surface area (Å²) in [5.74, 6) is -0.00450. The van der Waals surface area contributed by atoms with Crippen molar-refractivity contribution in [1.82, 2.24) is 0 Å². The smallest absolute Gasteiger partial charge is 0.341 e. The summed E-state index contributed by atoms with van der Waals surface area (Å²) in [6.07, 6.45) is 0. The molecule has 0 aliphatic heterocycles. The van der Waals surface area contributed by atoms with Crippen LogP contribution in [-0.4, -0.2) is 32.0 Å². The van der Waals surface area contributed by atoms with Crippen molar-refractivity contribution in [2.24, 2.45) is 0 Å². The van der Waals surface area contributed by atoms with Crippen molar-refractivity contribution in [2.75, 3.05) is 25.6 Å². The van der Waals surface area contributed by atoms with Crippen LogP contribution in [-0.2, 0) is 4.74 Å². The normalized spacial score (nSPS) is 10.4. The largest absolute Gasteiger partial charge is 0.495 e. The van der Waals surface area contributed by atoms with Gasteiger partial charge in [-0.25, -0.2) is 4.79 Å². The number of ketones is 1. The van der Waals surface area contributed by atoms with Gasteiger partial charge in [-0.05, 0) is 44.5 Å². The van der Waals surface area contributed by atoms with Gasteiger partial charge in [0.1, 0.15) is 10.8 Å². The van der Waals surface area contributed by atoms with E-state index >= 15 is 0 Å². The minimum absolute atomic E-state index is 0.0501. The van der Waals surface area contributed by atoms with Crippen LogP contribution >= 0.6 is 22.9 Å². The van der Waals surface area contributed by atoms with Gasteiger partial charge < -0.3 is 14.8 Å². The number of methoxy groups -OCH3 is 1. The molecule has 1 aromatic carbocycles. The summed E-state index contributed by atoms with van der Waals surface area (Å²) >= 11 is 7.49. The molecule has 0 atom stereocenters. The van der Waals surface area contributed by atoms with Crippen LogP contribution in [0.4, 0.5) is 5.00 Å². The highest BCUT2D eigenvalue weighted by Gasteiger charge is 2.21. The third kappa shape index (κ3) is 4.32. The number of aryl methyl sites for hydroxylation is 1. The molecular weight excluding hydrogens is 362 g/mol. The van der Waals surface area contributed by atoms with Gasteiger partial charge >= 0.3 is 5.97 Å². The van der Waals surface area contributed by atoms with Gasteiger partial charge in [-0.1, -0.05) is 11.6 Å². The third-order valence-corrected chi connectivity index (χ3v) is 5.21. The number of hydrogen-bond acceptors (Lipinski definition) is 6. The molecule has 0 aliphatic carbocycles. The standard InChI is InChI=1S/C18H20ClNO4S/c1-5-24-18(22)16-10(2)11(3)25-17(16)20-9-14(21)12-6-7-15(23-4)13(19)8-12/h6-8,20H,5,9H2,1-4H3. The summed E-state index contributed by atoms with van der Waals surface area (Å²) in [6, 6.07) is 4.88. The molecule has 0 radical (unpaired) electrons. The van der Waals surface area contributed by atoms with Crippen LogP contribution in [0.2, 0.25) is 5.02 Å². The molecule has 25 heavy (non-hydrogen) atoms. The average Bonchev–Trinajstić information content (AvgIpc) is 2.87. The molecule has 0 saturated carbocycles. The Morgan fingerprint density at radius 1 is 1.28 bits per heavy atom. The molecule has 0 aliphatic rings. The quantitative estimate of drug-likeness (QED) is 0.565. The Balaban J connectivity index is 2.16. The Kier molecular flexibility index (Phi) is 6.45. The van der Waals surface area contributed by atoms with E-state index in [4.69, 9.17) is 21.1 Å². The lowest BCUT2D eigenvalue weighted by molar-refractivity contribution is 0.0527. The highest BCUT2D eigenvalue weighted by Crippen LogP contribution is 2.33. The fourth-order valence-electron chi connectivity index (χ4n) is 2.30. The number of Topliss-reactive ketones (excluding diaryl/α,β-unsaturated/α-hetero) is 1. The first kappa shape index (κ1) is 19.3. The Labute approximate surface area is 155 Å². The molecule has 0 spiro atoms. The lowest BCUT2D eigenvalue weighted by atomic mass is 10.1. The van der Waals surface area contributed by atoms with Gasteiger partial charge in [0, 0.05) is 10.4 Å². The molecule has 0 amide bonds. The number of nitrogens with one attached hydrogen (secondary N) is 1. The van der Waals surface area contributed by atoms with E-state index in [1.165, 1.54) is 18.4 Å². The summed E-state index contributed by atoms with van der Waals surface area (Å²) in [7, 11) is 1.52. The first-order valence-electron chi connectivity index (χ1n) is 7.76. The lowest BCUT2D eigenvalue weighted by Gasteiger charge is -2.09. The number of esters is 1. The molecule has 0 saturated heterocycles. The van der Waals surface area contributed by atoms with Crippen molar-refractivity contribution in [3.05, 3.63) is 44.8 Å². The molecule has 5 nitrogen and oxygen atoms in total. The fourth-order valence-corrected chi connectivity index (χ4v) is 3.60. The number of benzene rings is 1. The molecule has 2 rings (SSSR count). The van der Waals surface area contributed by atoms with Crippen LogP contribution in [0.3, 0.4) is 0 Å². The fraction of sp³-hybridized carbons (Fsp3) is 0.333. The molecular formula is C18H20ClNO4S. The van der Waals surface area contributed by atoms with E-state index in [9.17, 15) is 9.59 Å². The lowest BCUT2D eigenvalue weighted by Crippen LogP contribution is -2.16. The van der Waals surface area contributed by atoms with E-state index in [0.29, 0.717) is 33.5 Å². The number of ether oxygens (including phenoxy) is 2. The van der Waals surface area contributed by atoms with Crippen LogP contribution in [0.5, 0.6) is 5.75 Å². The highest BCUT2D eigenvalue weighted by atomic mass is 35.5. The predicted molar refractivity (Wildman–Crippen MR) is 101 cm³/mol. The molecule has 0 fully saturated rings. The van der Waals surface area contributed by atoms with Crippen molar-refractivity contribution < 1.29 is 19.1 Å². The van der Waals surface area contributed by atoms with Gasteiger partial charge in [0.05, 0.1) is 30.8 Å². The molecule has 134 valence electrons. The molecule has 0 bridgehead atoms. The summed E-state index contributed by atoms with van der Waals surface area (Å²) in [5, 5.41) is 4.07. The second-order valence-electron chi connectivity index (χ2n) is 5.33. The van der Waals surface area contributed by atoms with Gasteiger partial charge in [-0.15, -0.1) is 11.3 Å². The SMILES string of the molecule is CCOC(=O)c1c(NCC(=O)c2ccc(OC)c(Cl)c2)sc(C)c1C. The molecule has 2 aromatic rings. The zero-order valence-electron chi connectivity index (χ0n) is 14.6. The maximum Gasteiger partial charge on any atom is 0.341 e. The Morgan fingerprint density at radius 3 is 2.60 bits per heavy atom. The van der Waals surface area contributed by atoms with Crippen LogP contribution in [0.25, 0.3) is 0 Å². The molecule has 1 heterocycles. The maximum absolute atomic E-state index is 12.4. The maximum atomic E-state index is 12.4. The summed E-state index contributed by atoms with van der Waals surface area (Å²) in [5.41, 5.74) is 1.83. The van der Waals surface area contributed by atoms with Crippen LogP contribution in [0, 0.1) is 13.8 Å². The number of rotatable bonds is 7. The first-order chi connectivity index (χ1) is 11.9. The average molecular weight is 382 g/mol. The van der Waals surface area contributed by atoms with Gasteiger partial charge in [0.15, 0.2) is 5.78 Å². The summed E-state index contributed by atoms with van der Waals surface area (Å²) in [6.45, 7) is 5.91. The van der Waals surface area contributed by atoms with Crippen molar-refractivity contribution in [3.8, 4) is 5.75 Å². The van der Waals surface area contributed by atoms with E-state index in [2.05, 4.69) is 5.32 Å². The monoisotopic (exact) mass is 381 g/mol. The van der Waals surface area contributed by atoms with E-state index in [0.717, 1.165) is 10.4 Å². The van der Waals surface area contributed by atoms with Crippen LogP contribution in [0.15, 0.2) is 18.2 Å². The van der Waals surface area contributed by atoms with Crippen molar-refractivity contribution in [2.45, 2.75) is 20.8 Å². The number of halogens is 1. The van der Waals surface area contributed by atoms with Crippen LogP contribution < -0.4 is 10.1 Å². The van der Waals surface area contributed by atoms with Gasteiger partial charge in [-0.3, -0.25) is 4.79 Å². The van der Waals surface area contributed by atoms with Gasteiger partial charge in [0.25, 0.3) is 0 Å². The van der Waals surface area contributed by atoms with E-state index < -0.39 is 0 Å². The van der Waals surface area contributed by atoms with Crippen molar-refractivity contribution in [1.29, 1.82) is 0 Å².